The highest BCUT2D eigenvalue weighted by Crippen LogP contribution is 2.18. The third-order valence-electron chi connectivity index (χ3n) is 2.15. The summed E-state index contributed by atoms with van der Waals surface area (Å²) in [5.74, 6) is 2.01. The molecule has 0 atom stereocenters. The van der Waals surface area contributed by atoms with Gasteiger partial charge in [-0.05, 0) is 30.7 Å². The number of hydrogen-bond donors (Lipinski definition) is 1. The van der Waals surface area contributed by atoms with Crippen LogP contribution in [0.5, 0.6) is 0 Å². The lowest BCUT2D eigenvalue weighted by atomic mass is 10.1. The SMILES string of the molecule is C#CCCNC(=O)c1cc(C)cc(S(=O)(=O)Cl)c1. The molecule has 1 N–H and O–H groups in total. The summed E-state index contributed by atoms with van der Waals surface area (Å²) >= 11 is 0. The summed E-state index contributed by atoms with van der Waals surface area (Å²) in [5.41, 5.74) is 0.880. The highest BCUT2D eigenvalue weighted by atomic mass is 35.7. The Kier molecular flexibility index (Phi) is 4.76. The molecule has 1 aromatic carbocycles. The molecule has 0 aliphatic heterocycles. The van der Waals surface area contributed by atoms with Gasteiger partial charge in [0.2, 0.25) is 0 Å². The Morgan fingerprint density at radius 1 is 1.44 bits per heavy atom. The molecule has 0 aliphatic rings. The predicted molar refractivity (Wildman–Crippen MR) is 70.0 cm³/mol. The number of benzene rings is 1. The molecule has 0 saturated heterocycles. The lowest BCUT2D eigenvalue weighted by Gasteiger charge is -2.06. The van der Waals surface area contributed by atoms with Gasteiger partial charge in [-0.3, -0.25) is 4.79 Å². The summed E-state index contributed by atoms with van der Waals surface area (Å²) in [7, 11) is 1.40. The maximum atomic E-state index is 11.7. The molecule has 0 unspecified atom stereocenters. The Morgan fingerprint density at radius 3 is 2.67 bits per heavy atom. The minimum Gasteiger partial charge on any atom is -0.351 e. The summed E-state index contributed by atoms with van der Waals surface area (Å²) in [6.45, 7) is 2.02. The third-order valence-corrected chi connectivity index (χ3v) is 3.48. The number of nitrogens with one attached hydrogen (secondary N) is 1. The van der Waals surface area contributed by atoms with Crippen LogP contribution in [0, 0.1) is 19.3 Å². The first-order valence-electron chi connectivity index (χ1n) is 5.12. The molecule has 0 spiro atoms. The first kappa shape index (κ1) is 14.6. The molecule has 18 heavy (non-hydrogen) atoms. The first-order valence-corrected chi connectivity index (χ1v) is 7.43. The van der Waals surface area contributed by atoms with Gasteiger partial charge in [-0.1, -0.05) is 0 Å². The van der Waals surface area contributed by atoms with Gasteiger partial charge in [0.1, 0.15) is 0 Å². The second-order valence-electron chi connectivity index (χ2n) is 3.68. The fourth-order valence-electron chi connectivity index (χ4n) is 1.37. The fourth-order valence-corrected chi connectivity index (χ4v) is 2.23. The standard InChI is InChI=1S/C12H12ClNO3S/c1-3-4-5-14-12(15)10-6-9(2)7-11(8-10)18(13,16)17/h1,6-8H,4-5H2,2H3,(H,14,15). The second-order valence-corrected chi connectivity index (χ2v) is 6.25. The van der Waals surface area contributed by atoms with Gasteiger partial charge in [-0.25, -0.2) is 8.42 Å². The van der Waals surface area contributed by atoms with Crippen molar-refractivity contribution in [1.29, 1.82) is 0 Å². The Bertz CT molecular complexity index is 602. The van der Waals surface area contributed by atoms with E-state index in [9.17, 15) is 13.2 Å². The number of hydrogen-bond acceptors (Lipinski definition) is 3. The van der Waals surface area contributed by atoms with Gasteiger partial charge >= 0.3 is 0 Å². The lowest BCUT2D eigenvalue weighted by molar-refractivity contribution is 0.0954. The highest BCUT2D eigenvalue weighted by Gasteiger charge is 2.14. The van der Waals surface area contributed by atoms with Gasteiger partial charge in [0, 0.05) is 29.2 Å². The van der Waals surface area contributed by atoms with Crippen molar-refractivity contribution in [1.82, 2.24) is 5.32 Å². The zero-order chi connectivity index (χ0) is 13.8. The Balaban J connectivity index is 3.01. The lowest BCUT2D eigenvalue weighted by Crippen LogP contribution is -2.24. The van der Waals surface area contributed by atoms with Crippen molar-refractivity contribution in [2.75, 3.05) is 6.54 Å². The van der Waals surface area contributed by atoms with Gasteiger partial charge in [0.05, 0.1) is 4.90 Å². The molecule has 1 amide bonds. The minimum absolute atomic E-state index is 0.0914. The van der Waals surface area contributed by atoms with Crippen molar-refractivity contribution in [3.05, 3.63) is 29.3 Å². The summed E-state index contributed by atoms with van der Waals surface area (Å²) in [4.78, 5) is 11.6. The summed E-state index contributed by atoms with van der Waals surface area (Å²) in [6, 6.07) is 4.22. The van der Waals surface area contributed by atoms with Gasteiger partial charge in [-0.15, -0.1) is 12.3 Å². The van der Waals surface area contributed by atoms with E-state index in [4.69, 9.17) is 17.1 Å². The van der Waals surface area contributed by atoms with E-state index in [2.05, 4.69) is 11.2 Å². The number of aryl methyl sites for hydroxylation is 1. The number of carbonyl (C=O) groups excluding carboxylic acids is 1. The second kappa shape index (κ2) is 5.89. The minimum atomic E-state index is -3.85. The Hall–Kier alpha value is -1.51. The Morgan fingerprint density at radius 2 is 2.11 bits per heavy atom. The normalized spacial score (nSPS) is 10.7. The molecule has 0 bridgehead atoms. The van der Waals surface area contributed by atoms with E-state index in [0.717, 1.165) is 0 Å². The van der Waals surface area contributed by atoms with E-state index in [1.54, 1.807) is 13.0 Å². The largest absolute Gasteiger partial charge is 0.351 e. The first-order chi connectivity index (χ1) is 8.34. The topological polar surface area (TPSA) is 63.2 Å². The smallest absolute Gasteiger partial charge is 0.261 e. The van der Waals surface area contributed by atoms with Crippen LogP contribution in [-0.4, -0.2) is 20.9 Å². The number of carbonyl (C=O) groups is 1. The van der Waals surface area contributed by atoms with Crippen LogP contribution in [0.4, 0.5) is 0 Å². The monoisotopic (exact) mass is 285 g/mol. The average Bonchev–Trinajstić information content (AvgIpc) is 2.27. The number of halogens is 1. The molecular weight excluding hydrogens is 274 g/mol. The van der Waals surface area contributed by atoms with Crippen LogP contribution in [0.3, 0.4) is 0 Å². The van der Waals surface area contributed by atoms with E-state index in [1.165, 1.54) is 12.1 Å². The number of amides is 1. The number of rotatable bonds is 4. The predicted octanol–water partition coefficient (Wildman–Crippen LogP) is 1.68. The molecule has 6 heteroatoms. The van der Waals surface area contributed by atoms with Crippen LogP contribution in [0.25, 0.3) is 0 Å². The van der Waals surface area contributed by atoms with Gasteiger partial charge in [0.25, 0.3) is 15.0 Å². The van der Waals surface area contributed by atoms with Crippen molar-refractivity contribution >= 4 is 25.6 Å². The van der Waals surface area contributed by atoms with Crippen molar-refractivity contribution in [3.8, 4) is 12.3 Å². The summed E-state index contributed by atoms with van der Waals surface area (Å²) < 4.78 is 22.5. The van der Waals surface area contributed by atoms with Crippen LogP contribution in [0.2, 0.25) is 0 Å². The highest BCUT2D eigenvalue weighted by molar-refractivity contribution is 8.13. The van der Waals surface area contributed by atoms with Crippen molar-refractivity contribution in [3.63, 3.8) is 0 Å². The maximum absolute atomic E-state index is 11.7. The third kappa shape index (κ3) is 4.06. The van der Waals surface area contributed by atoms with Crippen molar-refractivity contribution < 1.29 is 13.2 Å². The van der Waals surface area contributed by atoms with Crippen LogP contribution >= 0.6 is 10.7 Å². The van der Waals surface area contributed by atoms with E-state index >= 15 is 0 Å². The van der Waals surface area contributed by atoms with E-state index in [-0.39, 0.29) is 16.4 Å². The zero-order valence-electron chi connectivity index (χ0n) is 9.73. The van der Waals surface area contributed by atoms with Gasteiger partial charge in [0.15, 0.2) is 0 Å². The van der Waals surface area contributed by atoms with Crippen LogP contribution in [0.15, 0.2) is 23.1 Å². The zero-order valence-corrected chi connectivity index (χ0v) is 11.3. The molecule has 1 rings (SSSR count). The molecule has 4 nitrogen and oxygen atoms in total. The Labute approximate surface area is 111 Å². The van der Waals surface area contributed by atoms with E-state index < -0.39 is 9.05 Å². The molecule has 1 aromatic rings. The van der Waals surface area contributed by atoms with E-state index in [0.29, 0.717) is 18.5 Å². The molecule has 96 valence electrons. The molecule has 0 saturated carbocycles. The van der Waals surface area contributed by atoms with Gasteiger partial charge < -0.3 is 5.32 Å². The average molecular weight is 286 g/mol. The molecule has 0 fully saturated rings. The van der Waals surface area contributed by atoms with E-state index in [1.807, 2.05) is 0 Å². The fraction of sp³-hybridized carbons (Fsp3) is 0.250. The molecule has 0 aliphatic carbocycles. The summed E-state index contributed by atoms with van der Waals surface area (Å²) in [6.07, 6.45) is 5.48. The quantitative estimate of drug-likeness (QED) is 0.520. The van der Waals surface area contributed by atoms with Crippen LogP contribution in [-0.2, 0) is 9.05 Å². The van der Waals surface area contributed by atoms with Crippen LogP contribution < -0.4 is 5.32 Å². The molecule has 0 aromatic heterocycles. The number of terminal acetylenes is 1. The van der Waals surface area contributed by atoms with Crippen molar-refractivity contribution in [2.45, 2.75) is 18.2 Å². The summed E-state index contributed by atoms with van der Waals surface area (Å²) in [5, 5.41) is 2.59. The molecule has 0 heterocycles. The molecule has 0 radical (unpaired) electrons. The maximum Gasteiger partial charge on any atom is 0.261 e. The molecular formula is C12H12ClNO3S. The van der Waals surface area contributed by atoms with Crippen molar-refractivity contribution in [2.24, 2.45) is 0 Å². The van der Waals surface area contributed by atoms with Gasteiger partial charge in [-0.2, -0.15) is 0 Å². The van der Waals surface area contributed by atoms with Crippen LogP contribution in [0.1, 0.15) is 22.3 Å².